The highest BCUT2D eigenvalue weighted by Crippen LogP contribution is 2.44. The van der Waals surface area contributed by atoms with Gasteiger partial charge in [0.15, 0.2) is 0 Å². The van der Waals surface area contributed by atoms with Gasteiger partial charge >= 0.3 is 0 Å². The average molecular weight is 863 g/mol. The number of nitrogens with zero attached hydrogens (tertiary/aromatic N) is 2. The van der Waals surface area contributed by atoms with E-state index >= 15 is 0 Å². The van der Waals surface area contributed by atoms with Crippen molar-refractivity contribution in [3.05, 3.63) is 255 Å². The van der Waals surface area contributed by atoms with Crippen LogP contribution in [0.3, 0.4) is 0 Å². The minimum absolute atomic E-state index is 1.14. The van der Waals surface area contributed by atoms with Crippen molar-refractivity contribution in [3.63, 3.8) is 0 Å². The molecule has 0 aliphatic rings. The van der Waals surface area contributed by atoms with Crippen LogP contribution in [-0.4, -0.2) is 9.13 Å². The molecule has 14 rings (SSSR count). The third kappa shape index (κ3) is 5.98. The van der Waals surface area contributed by atoms with E-state index < -0.39 is 0 Å². The molecule has 316 valence electrons. The van der Waals surface area contributed by atoms with Gasteiger partial charge in [0.1, 0.15) is 0 Å². The molecule has 0 radical (unpaired) electrons. The van der Waals surface area contributed by atoms with E-state index in [1.54, 1.807) is 0 Å². The third-order valence-corrected chi connectivity index (χ3v) is 14.3. The van der Waals surface area contributed by atoms with E-state index in [1.807, 2.05) is 0 Å². The molecular formula is C66H42N2. The summed E-state index contributed by atoms with van der Waals surface area (Å²) in [5.41, 5.74) is 16.8. The van der Waals surface area contributed by atoms with Crippen LogP contribution in [0.4, 0.5) is 0 Å². The summed E-state index contributed by atoms with van der Waals surface area (Å²) in [6, 6.07) is 93.8. The van der Waals surface area contributed by atoms with Crippen LogP contribution in [0.1, 0.15) is 0 Å². The van der Waals surface area contributed by atoms with E-state index in [0.717, 1.165) is 5.69 Å². The van der Waals surface area contributed by atoms with Gasteiger partial charge in [0.25, 0.3) is 0 Å². The molecule has 2 aromatic heterocycles. The standard InChI is InChI=1S/C66H42N2/c1-3-15-43(16-4-1)44-27-29-45(30-28-44)46-31-33-47(34-32-46)58-41-51(42-61-54-21-8-7-19-52(54)53-20-9-10-24-57(53)66(58)61)68-63-26-14-12-23-56(63)60-40-49(36-38-65(60)68)48-35-37-64-59(39-48)55-22-11-13-25-62(55)67(64)50-17-5-2-6-18-50/h1-42H. The molecule has 0 bridgehead atoms. The summed E-state index contributed by atoms with van der Waals surface area (Å²) in [6.07, 6.45) is 0. The summed E-state index contributed by atoms with van der Waals surface area (Å²) in [5.74, 6) is 0. The summed E-state index contributed by atoms with van der Waals surface area (Å²) < 4.78 is 4.87. The predicted molar refractivity (Wildman–Crippen MR) is 289 cm³/mol. The molecule has 2 nitrogen and oxygen atoms in total. The zero-order chi connectivity index (χ0) is 44.7. The summed E-state index contributed by atoms with van der Waals surface area (Å²) in [4.78, 5) is 0. The SMILES string of the molecule is c1ccc(-c2ccc(-c3ccc(-c4cc(-n5c6ccccc6c6cc(-c7ccc8c(c7)c7ccccc7n8-c7ccccc7)ccc65)cc5c6ccccc6c6ccccc6c45)cc3)cc2)cc1. The largest absolute Gasteiger partial charge is 0.309 e. The van der Waals surface area contributed by atoms with Crippen molar-refractivity contribution in [1.29, 1.82) is 0 Å². The molecule has 2 heterocycles. The van der Waals surface area contributed by atoms with Gasteiger partial charge in [-0.2, -0.15) is 0 Å². The van der Waals surface area contributed by atoms with Crippen LogP contribution in [0.2, 0.25) is 0 Å². The molecule has 0 saturated carbocycles. The Morgan fingerprint density at radius 1 is 0.191 bits per heavy atom. The van der Waals surface area contributed by atoms with E-state index in [4.69, 9.17) is 0 Å². The van der Waals surface area contributed by atoms with Crippen LogP contribution in [0.5, 0.6) is 0 Å². The molecule has 0 aliphatic heterocycles. The van der Waals surface area contributed by atoms with Crippen LogP contribution >= 0.6 is 0 Å². The Kier molecular flexibility index (Phi) is 8.62. The van der Waals surface area contributed by atoms with Crippen molar-refractivity contribution in [2.45, 2.75) is 0 Å². The minimum atomic E-state index is 1.14. The molecule has 12 aromatic carbocycles. The molecule has 14 aromatic rings. The van der Waals surface area contributed by atoms with Crippen molar-refractivity contribution >= 4 is 75.9 Å². The number of rotatable bonds is 6. The van der Waals surface area contributed by atoms with Gasteiger partial charge in [-0.15, -0.1) is 0 Å². The molecule has 0 atom stereocenters. The first kappa shape index (κ1) is 38.3. The Hall–Kier alpha value is -8.98. The number of hydrogen-bond donors (Lipinski definition) is 0. The minimum Gasteiger partial charge on any atom is -0.309 e. The normalized spacial score (nSPS) is 11.8. The van der Waals surface area contributed by atoms with Gasteiger partial charge in [0.2, 0.25) is 0 Å². The van der Waals surface area contributed by atoms with Gasteiger partial charge in [0, 0.05) is 32.9 Å². The number of benzene rings is 12. The van der Waals surface area contributed by atoms with E-state index in [1.165, 1.54) is 126 Å². The maximum Gasteiger partial charge on any atom is 0.0541 e. The second-order valence-corrected chi connectivity index (χ2v) is 18.0. The van der Waals surface area contributed by atoms with Gasteiger partial charge in [-0.1, -0.05) is 194 Å². The number of aromatic nitrogens is 2. The number of para-hydroxylation sites is 3. The van der Waals surface area contributed by atoms with Gasteiger partial charge in [-0.25, -0.2) is 0 Å². The van der Waals surface area contributed by atoms with E-state index in [0.29, 0.717) is 0 Å². The fraction of sp³-hybridized carbons (Fsp3) is 0. The molecule has 0 unspecified atom stereocenters. The molecular weight excluding hydrogens is 821 g/mol. The molecule has 0 saturated heterocycles. The highest BCUT2D eigenvalue weighted by Gasteiger charge is 2.20. The van der Waals surface area contributed by atoms with Crippen molar-refractivity contribution < 1.29 is 0 Å². The Bertz CT molecular complexity index is 4270. The average Bonchev–Trinajstić information content (AvgIpc) is 3.93. The zero-order valence-electron chi connectivity index (χ0n) is 37.1. The molecule has 0 aliphatic carbocycles. The van der Waals surface area contributed by atoms with Gasteiger partial charge in [-0.05, 0) is 137 Å². The first-order chi connectivity index (χ1) is 33.7. The lowest BCUT2D eigenvalue weighted by Gasteiger charge is -2.18. The van der Waals surface area contributed by atoms with Crippen LogP contribution in [0.25, 0.3) is 132 Å². The Morgan fingerprint density at radius 3 is 1.10 bits per heavy atom. The number of fused-ring (bicyclic) bond motifs is 12. The fourth-order valence-corrected chi connectivity index (χ4v) is 11.1. The van der Waals surface area contributed by atoms with Crippen LogP contribution in [0, 0.1) is 0 Å². The monoisotopic (exact) mass is 862 g/mol. The van der Waals surface area contributed by atoms with Crippen LogP contribution in [-0.2, 0) is 0 Å². The molecule has 0 N–H and O–H groups in total. The van der Waals surface area contributed by atoms with Crippen LogP contribution in [0.15, 0.2) is 255 Å². The molecule has 0 amide bonds. The van der Waals surface area contributed by atoms with Crippen molar-refractivity contribution in [2.24, 2.45) is 0 Å². The van der Waals surface area contributed by atoms with E-state index in [-0.39, 0.29) is 0 Å². The van der Waals surface area contributed by atoms with Crippen molar-refractivity contribution in [1.82, 2.24) is 9.13 Å². The smallest absolute Gasteiger partial charge is 0.0541 e. The Labute approximate surface area is 393 Å². The summed E-state index contributed by atoms with van der Waals surface area (Å²) in [6.45, 7) is 0. The molecule has 0 spiro atoms. The maximum absolute atomic E-state index is 2.49. The first-order valence-electron chi connectivity index (χ1n) is 23.5. The lowest BCUT2D eigenvalue weighted by atomic mass is 9.88. The first-order valence-corrected chi connectivity index (χ1v) is 23.5. The third-order valence-electron chi connectivity index (χ3n) is 14.3. The fourth-order valence-electron chi connectivity index (χ4n) is 11.1. The lowest BCUT2D eigenvalue weighted by molar-refractivity contribution is 1.18. The molecule has 2 heteroatoms. The van der Waals surface area contributed by atoms with E-state index in [2.05, 4.69) is 264 Å². The quantitative estimate of drug-likeness (QED) is 0.147. The topological polar surface area (TPSA) is 9.86 Å². The van der Waals surface area contributed by atoms with Gasteiger partial charge in [0.05, 0.1) is 22.1 Å². The lowest BCUT2D eigenvalue weighted by Crippen LogP contribution is -1.97. The van der Waals surface area contributed by atoms with E-state index in [9.17, 15) is 0 Å². The van der Waals surface area contributed by atoms with Crippen molar-refractivity contribution in [3.8, 4) is 55.9 Å². The highest BCUT2D eigenvalue weighted by molar-refractivity contribution is 6.29. The number of hydrogen-bond acceptors (Lipinski definition) is 0. The van der Waals surface area contributed by atoms with Gasteiger partial charge in [-0.3, -0.25) is 0 Å². The summed E-state index contributed by atoms with van der Waals surface area (Å²) >= 11 is 0. The second-order valence-electron chi connectivity index (χ2n) is 18.0. The second kappa shape index (κ2) is 15.3. The highest BCUT2D eigenvalue weighted by atomic mass is 15.0. The molecule has 68 heavy (non-hydrogen) atoms. The van der Waals surface area contributed by atoms with Gasteiger partial charge < -0.3 is 9.13 Å². The Morgan fingerprint density at radius 2 is 0.559 bits per heavy atom. The maximum atomic E-state index is 2.49. The summed E-state index contributed by atoms with van der Waals surface area (Å²) in [5, 5.41) is 12.6. The summed E-state index contributed by atoms with van der Waals surface area (Å²) in [7, 11) is 0. The molecule has 0 fully saturated rings. The predicted octanol–water partition coefficient (Wildman–Crippen LogP) is 18.0. The van der Waals surface area contributed by atoms with Crippen molar-refractivity contribution in [2.75, 3.05) is 0 Å². The Balaban J connectivity index is 0.953. The van der Waals surface area contributed by atoms with Crippen LogP contribution < -0.4 is 0 Å². The zero-order valence-corrected chi connectivity index (χ0v) is 37.1.